The maximum atomic E-state index is 12.0. The Hall–Kier alpha value is -1.88. The molecule has 0 saturated heterocycles. The van der Waals surface area contributed by atoms with Gasteiger partial charge in [-0.25, -0.2) is 0 Å². The Balaban J connectivity index is 1.96. The number of nitrogens with one attached hydrogen (secondary N) is 1. The van der Waals surface area contributed by atoms with Crippen molar-refractivity contribution in [3.63, 3.8) is 0 Å². The molecular weight excluding hydrogens is 303 g/mol. The van der Waals surface area contributed by atoms with Crippen LogP contribution in [0.3, 0.4) is 0 Å². The summed E-state index contributed by atoms with van der Waals surface area (Å²) in [7, 11) is 0. The first-order valence-electron chi connectivity index (χ1n) is 6.18. The summed E-state index contributed by atoms with van der Waals surface area (Å²) >= 11 is 6.03. The van der Waals surface area contributed by atoms with E-state index in [4.69, 9.17) is 11.6 Å². The van der Waals surface area contributed by atoms with Gasteiger partial charge in [-0.2, -0.15) is 0 Å². The van der Waals surface area contributed by atoms with Gasteiger partial charge in [-0.1, -0.05) is 23.7 Å². The molecule has 0 saturated carbocycles. The average Bonchev–Trinajstić information content (AvgIpc) is 2.40. The maximum Gasteiger partial charge on any atom is 0.573 e. The summed E-state index contributed by atoms with van der Waals surface area (Å²) in [4.78, 5) is 0. The van der Waals surface area contributed by atoms with E-state index < -0.39 is 6.36 Å². The highest BCUT2D eigenvalue weighted by Crippen LogP contribution is 2.24. The standard InChI is InChI=1S/C15H13ClF3NO/c1-10-2-3-11(8-14(10)16)9-20-12-4-6-13(7-5-12)21-15(17,18)19/h2-8,20H,9H2,1H3. The molecule has 2 rings (SSSR count). The van der Waals surface area contributed by atoms with Gasteiger partial charge in [0.2, 0.25) is 0 Å². The molecule has 0 aromatic heterocycles. The summed E-state index contributed by atoms with van der Waals surface area (Å²) in [5.74, 6) is -0.244. The van der Waals surface area contributed by atoms with Gasteiger partial charge >= 0.3 is 6.36 Å². The molecular formula is C15H13ClF3NO. The Labute approximate surface area is 125 Å². The minimum atomic E-state index is -4.67. The quantitative estimate of drug-likeness (QED) is 0.841. The zero-order valence-electron chi connectivity index (χ0n) is 11.2. The van der Waals surface area contributed by atoms with Crippen molar-refractivity contribution in [2.24, 2.45) is 0 Å². The van der Waals surface area contributed by atoms with E-state index in [1.54, 1.807) is 0 Å². The van der Waals surface area contributed by atoms with Gasteiger partial charge < -0.3 is 10.1 Å². The van der Waals surface area contributed by atoms with Crippen molar-refractivity contribution >= 4 is 17.3 Å². The molecule has 0 heterocycles. The Morgan fingerprint density at radius 3 is 2.33 bits per heavy atom. The second kappa shape index (κ2) is 6.26. The third-order valence-corrected chi connectivity index (χ3v) is 3.23. The molecule has 2 aromatic carbocycles. The highest BCUT2D eigenvalue weighted by Gasteiger charge is 2.30. The van der Waals surface area contributed by atoms with Crippen molar-refractivity contribution < 1.29 is 17.9 Å². The average molecular weight is 316 g/mol. The van der Waals surface area contributed by atoms with E-state index >= 15 is 0 Å². The largest absolute Gasteiger partial charge is 0.573 e. The van der Waals surface area contributed by atoms with E-state index in [0.29, 0.717) is 17.3 Å². The van der Waals surface area contributed by atoms with Crippen LogP contribution >= 0.6 is 11.6 Å². The molecule has 0 aliphatic rings. The van der Waals surface area contributed by atoms with Crippen LogP contribution in [-0.4, -0.2) is 6.36 Å². The summed E-state index contributed by atoms with van der Waals surface area (Å²) in [6.45, 7) is 2.44. The van der Waals surface area contributed by atoms with E-state index in [1.165, 1.54) is 24.3 Å². The maximum absolute atomic E-state index is 12.0. The van der Waals surface area contributed by atoms with E-state index in [2.05, 4.69) is 10.1 Å². The second-order valence-corrected chi connectivity index (χ2v) is 4.92. The van der Waals surface area contributed by atoms with Crippen LogP contribution in [0, 0.1) is 6.92 Å². The molecule has 0 aliphatic heterocycles. The van der Waals surface area contributed by atoms with Crippen LogP contribution in [0.5, 0.6) is 5.75 Å². The number of aryl methyl sites for hydroxylation is 1. The van der Waals surface area contributed by atoms with Gasteiger partial charge in [-0.15, -0.1) is 13.2 Å². The minimum absolute atomic E-state index is 0.244. The lowest BCUT2D eigenvalue weighted by molar-refractivity contribution is -0.274. The Morgan fingerprint density at radius 1 is 1.10 bits per heavy atom. The number of anilines is 1. The van der Waals surface area contributed by atoms with Gasteiger partial charge in [0, 0.05) is 17.3 Å². The minimum Gasteiger partial charge on any atom is -0.406 e. The fourth-order valence-corrected chi connectivity index (χ4v) is 1.93. The van der Waals surface area contributed by atoms with Crippen LogP contribution < -0.4 is 10.1 Å². The van der Waals surface area contributed by atoms with Gasteiger partial charge in [0.1, 0.15) is 5.75 Å². The van der Waals surface area contributed by atoms with Crippen LogP contribution in [0.2, 0.25) is 5.02 Å². The third kappa shape index (κ3) is 4.86. The summed E-state index contributed by atoms with van der Waals surface area (Å²) in [6.07, 6.45) is -4.67. The number of halogens is 4. The molecule has 0 amide bonds. The van der Waals surface area contributed by atoms with Gasteiger partial charge in [-0.05, 0) is 48.4 Å². The van der Waals surface area contributed by atoms with E-state index in [1.807, 2.05) is 25.1 Å². The van der Waals surface area contributed by atoms with E-state index in [9.17, 15) is 13.2 Å². The molecule has 0 aliphatic carbocycles. The van der Waals surface area contributed by atoms with Crippen molar-refractivity contribution in [1.29, 1.82) is 0 Å². The molecule has 2 nitrogen and oxygen atoms in total. The SMILES string of the molecule is Cc1ccc(CNc2ccc(OC(F)(F)F)cc2)cc1Cl. The van der Waals surface area contributed by atoms with Crippen molar-refractivity contribution in [3.05, 3.63) is 58.6 Å². The first kappa shape index (κ1) is 15.5. The van der Waals surface area contributed by atoms with Crippen LogP contribution in [0.4, 0.5) is 18.9 Å². The monoisotopic (exact) mass is 315 g/mol. The molecule has 0 spiro atoms. The smallest absolute Gasteiger partial charge is 0.406 e. The normalized spacial score (nSPS) is 11.3. The van der Waals surface area contributed by atoms with Crippen molar-refractivity contribution in [2.75, 3.05) is 5.32 Å². The molecule has 0 radical (unpaired) electrons. The molecule has 112 valence electrons. The second-order valence-electron chi connectivity index (χ2n) is 4.51. The molecule has 0 unspecified atom stereocenters. The summed E-state index contributed by atoms with van der Waals surface area (Å²) in [5, 5.41) is 3.79. The van der Waals surface area contributed by atoms with Gasteiger partial charge in [0.05, 0.1) is 0 Å². The third-order valence-electron chi connectivity index (χ3n) is 2.82. The molecule has 0 bridgehead atoms. The zero-order valence-corrected chi connectivity index (χ0v) is 11.9. The van der Waals surface area contributed by atoms with Crippen molar-refractivity contribution in [1.82, 2.24) is 0 Å². The van der Waals surface area contributed by atoms with Gasteiger partial charge in [0.25, 0.3) is 0 Å². The lowest BCUT2D eigenvalue weighted by Gasteiger charge is -2.11. The van der Waals surface area contributed by atoms with Crippen LogP contribution in [0.15, 0.2) is 42.5 Å². The molecule has 0 atom stereocenters. The predicted molar refractivity (Wildman–Crippen MR) is 76.6 cm³/mol. The van der Waals surface area contributed by atoms with Crippen LogP contribution in [-0.2, 0) is 6.54 Å². The number of alkyl halides is 3. The van der Waals surface area contributed by atoms with E-state index in [0.717, 1.165) is 11.1 Å². The summed E-state index contributed by atoms with van der Waals surface area (Å²) in [5.41, 5.74) is 2.68. The number of rotatable bonds is 4. The highest BCUT2D eigenvalue weighted by atomic mass is 35.5. The number of hydrogen-bond acceptors (Lipinski definition) is 2. The molecule has 0 fully saturated rings. The topological polar surface area (TPSA) is 21.3 Å². The molecule has 6 heteroatoms. The number of hydrogen-bond donors (Lipinski definition) is 1. The number of ether oxygens (including phenoxy) is 1. The summed E-state index contributed by atoms with van der Waals surface area (Å²) < 4.78 is 39.9. The lowest BCUT2D eigenvalue weighted by atomic mass is 10.1. The fourth-order valence-electron chi connectivity index (χ4n) is 1.72. The van der Waals surface area contributed by atoms with E-state index in [-0.39, 0.29) is 5.75 Å². The first-order chi connectivity index (χ1) is 9.83. The highest BCUT2D eigenvalue weighted by molar-refractivity contribution is 6.31. The fraction of sp³-hybridized carbons (Fsp3) is 0.200. The first-order valence-corrected chi connectivity index (χ1v) is 6.56. The Kier molecular flexibility index (Phi) is 4.63. The molecule has 2 aromatic rings. The molecule has 1 N–H and O–H groups in total. The Bertz CT molecular complexity index is 611. The number of benzene rings is 2. The summed E-state index contributed by atoms with van der Waals surface area (Å²) in [6, 6.07) is 11.3. The molecule has 21 heavy (non-hydrogen) atoms. The zero-order chi connectivity index (χ0) is 15.5. The van der Waals surface area contributed by atoms with Crippen LogP contribution in [0.25, 0.3) is 0 Å². The predicted octanol–water partition coefficient (Wildman–Crippen LogP) is 5.16. The van der Waals surface area contributed by atoms with Crippen molar-refractivity contribution in [3.8, 4) is 5.75 Å². The van der Waals surface area contributed by atoms with Crippen LogP contribution in [0.1, 0.15) is 11.1 Å². The van der Waals surface area contributed by atoms with Gasteiger partial charge in [0.15, 0.2) is 0 Å². The lowest BCUT2D eigenvalue weighted by Crippen LogP contribution is -2.17. The van der Waals surface area contributed by atoms with Gasteiger partial charge in [-0.3, -0.25) is 0 Å². The Morgan fingerprint density at radius 2 is 1.76 bits per heavy atom. The van der Waals surface area contributed by atoms with Crippen molar-refractivity contribution in [2.45, 2.75) is 19.8 Å².